The number of likely N-dealkylation sites (tertiary alicyclic amines) is 1. The first-order valence-corrected chi connectivity index (χ1v) is 7.31. The molecule has 0 radical (unpaired) electrons. The average molecular weight is 263 g/mol. The highest BCUT2D eigenvalue weighted by molar-refractivity contribution is 5.39. The van der Waals surface area contributed by atoms with Gasteiger partial charge >= 0.3 is 0 Å². The van der Waals surface area contributed by atoms with Crippen LogP contribution in [-0.2, 0) is 6.42 Å². The molecule has 0 aliphatic carbocycles. The van der Waals surface area contributed by atoms with Gasteiger partial charge in [0.2, 0.25) is 0 Å². The predicted octanol–water partition coefficient (Wildman–Crippen LogP) is 2.78. The summed E-state index contributed by atoms with van der Waals surface area (Å²) in [4.78, 5) is 2.48. The van der Waals surface area contributed by atoms with Gasteiger partial charge in [0.25, 0.3) is 0 Å². The summed E-state index contributed by atoms with van der Waals surface area (Å²) in [5, 5.41) is 9.38. The molecule has 0 saturated carbocycles. The molecule has 1 aromatic rings. The van der Waals surface area contributed by atoms with Crippen molar-refractivity contribution in [2.45, 2.75) is 38.6 Å². The fourth-order valence-corrected chi connectivity index (χ4v) is 2.97. The second-order valence-corrected chi connectivity index (χ2v) is 5.20. The van der Waals surface area contributed by atoms with Crippen LogP contribution in [0.15, 0.2) is 18.2 Å². The number of methoxy groups -OCH3 is 1. The molecule has 3 nitrogen and oxygen atoms in total. The van der Waals surface area contributed by atoms with Crippen molar-refractivity contribution in [2.75, 3.05) is 26.8 Å². The summed E-state index contributed by atoms with van der Waals surface area (Å²) in [5.74, 6) is 0.947. The van der Waals surface area contributed by atoms with Gasteiger partial charge in [0.15, 0.2) is 0 Å². The molecule has 106 valence electrons. The van der Waals surface area contributed by atoms with Crippen LogP contribution < -0.4 is 4.74 Å². The number of aliphatic hydroxyl groups excluding tert-OH is 1. The number of rotatable bonds is 6. The van der Waals surface area contributed by atoms with Gasteiger partial charge < -0.3 is 9.84 Å². The maximum absolute atomic E-state index is 9.38. The number of hydrogen-bond acceptors (Lipinski definition) is 3. The minimum absolute atomic E-state index is 0.223. The number of nitrogens with zero attached hydrogens (tertiary/aromatic N) is 1. The molecule has 1 fully saturated rings. The van der Waals surface area contributed by atoms with E-state index in [1.165, 1.54) is 24.0 Å². The lowest BCUT2D eigenvalue weighted by molar-refractivity contribution is 0.182. The lowest BCUT2D eigenvalue weighted by Gasteiger charge is -2.29. The van der Waals surface area contributed by atoms with Gasteiger partial charge in [-0.05, 0) is 50.4 Å². The van der Waals surface area contributed by atoms with Gasteiger partial charge in [0.05, 0.1) is 7.11 Å². The SMILES string of the molecule is CCc1ccc(OC)c(C(CCO)N2CCCC2)c1. The van der Waals surface area contributed by atoms with E-state index in [4.69, 9.17) is 4.74 Å². The Hall–Kier alpha value is -1.06. The molecule has 0 spiro atoms. The first kappa shape index (κ1) is 14.4. The van der Waals surface area contributed by atoms with Crippen LogP contribution in [0.3, 0.4) is 0 Å². The molecule has 1 aromatic carbocycles. The molecular weight excluding hydrogens is 238 g/mol. The second kappa shape index (κ2) is 6.92. The van der Waals surface area contributed by atoms with Crippen molar-refractivity contribution in [3.63, 3.8) is 0 Å². The normalized spacial score (nSPS) is 17.6. The van der Waals surface area contributed by atoms with Crippen molar-refractivity contribution in [2.24, 2.45) is 0 Å². The molecule has 1 aliphatic rings. The Morgan fingerprint density at radius 2 is 2.05 bits per heavy atom. The molecule has 1 atom stereocenters. The van der Waals surface area contributed by atoms with Crippen molar-refractivity contribution >= 4 is 0 Å². The minimum Gasteiger partial charge on any atom is -0.496 e. The van der Waals surface area contributed by atoms with E-state index in [0.717, 1.165) is 31.7 Å². The lowest BCUT2D eigenvalue weighted by Crippen LogP contribution is -2.27. The van der Waals surface area contributed by atoms with E-state index in [1.54, 1.807) is 7.11 Å². The van der Waals surface area contributed by atoms with Crippen LogP contribution in [0.4, 0.5) is 0 Å². The summed E-state index contributed by atoms with van der Waals surface area (Å²) in [6.07, 6.45) is 4.34. The number of aryl methyl sites for hydroxylation is 1. The van der Waals surface area contributed by atoms with Crippen molar-refractivity contribution in [1.29, 1.82) is 0 Å². The fraction of sp³-hybridized carbons (Fsp3) is 0.625. The Morgan fingerprint density at radius 3 is 2.63 bits per heavy atom. The second-order valence-electron chi connectivity index (χ2n) is 5.20. The molecule has 19 heavy (non-hydrogen) atoms. The maximum atomic E-state index is 9.38. The van der Waals surface area contributed by atoms with E-state index in [0.29, 0.717) is 0 Å². The van der Waals surface area contributed by atoms with Crippen molar-refractivity contribution in [1.82, 2.24) is 4.90 Å². The minimum atomic E-state index is 0.223. The van der Waals surface area contributed by atoms with E-state index >= 15 is 0 Å². The van der Waals surface area contributed by atoms with Gasteiger partial charge in [0.1, 0.15) is 5.75 Å². The van der Waals surface area contributed by atoms with Gasteiger partial charge in [-0.2, -0.15) is 0 Å². The molecule has 0 aromatic heterocycles. The lowest BCUT2D eigenvalue weighted by atomic mass is 9.98. The van der Waals surface area contributed by atoms with Crippen molar-refractivity contribution in [3.05, 3.63) is 29.3 Å². The van der Waals surface area contributed by atoms with Gasteiger partial charge in [-0.25, -0.2) is 0 Å². The van der Waals surface area contributed by atoms with E-state index in [2.05, 4.69) is 30.0 Å². The summed E-state index contributed by atoms with van der Waals surface area (Å²) in [7, 11) is 1.73. The molecule has 1 saturated heterocycles. The molecule has 2 rings (SSSR count). The first-order valence-electron chi connectivity index (χ1n) is 7.31. The molecule has 0 bridgehead atoms. The van der Waals surface area contributed by atoms with Gasteiger partial charge in [-0.1, -0.05) is 19.1 Å². The smallest absolute Gasteiger partial charge is 0.123 e. The predicted molar refractivity (Wildman–Crippen MR) is 77.6 cm³/mol. The van der Waals surface area contributed by atoms with Crippen LogP contribution in [0.2, 0.25) is 0 Å². The maximum Gasteiger partial charge on any atom is 0.123 e. The Bertz CT molecular complexity index is 400. The van der Waals surface area contributed by atoms with Gasteiger partial charge in [-0.15, -0.1) is 0 Å². The van der Waals surface area contributed by atoms with Crippen LogP contribution in [0.25, 0.3) is 0 Å². The highest BCUT2D eigenvalue weighted by Crippen LogP contribution is 2.34. The van der Waals surface area contributed by atoms with Crippen molar-refractivity contribution in [3.8, 4) is 5.75 Å². The fourth-order valence-electron chi connectivity index (χ4n) is 2.97. The highest BCUT2D eigenvalue weighted by atomic mass is 16.5. The molecule has 1 aliphatic heterocycles. The Kier molecular flexibility index (Phi) is 5.23. The number of hydrogen-bond donors (Lipinski definition) is 1. The molecule has 1 unspecified atom stereocenters. The van der Waals surface area contributed by atoms with E-state index in [9.17, 15) is 5.11 Å². The Morgan fingerprint density at radius 1 is 1.32 bits per heavy atom. The molecule has 1 N–H and O–H groups in total. The van der Waals surface area contributed by atoms with Gasteiger partial charge in [0, 0.05) is 18.2 Å². The standard InChI is InChI=1S/C16H25NO2/c1-3-13-6-7-16(19-2)14(12-13)15(8-11-18)17-9-4-5-10-17/h6-7,12,15,18H,3-5,8-11H2,1-2H3. The summed E-state index contributed by atoms with van der Waals surface area (Å²) < 4.78 is 5.52. The third kappa shape index (κ3) is 3.28. The number of benzene rings is 1. The Labute approximate surface area is 116 Å². The topological polar surface area (TPSA) is 32.7 Å². The van der Waals surface area contributed by atoms with E-state index < -0.39 is 0 Å². The zero-order chi connectivity index (χ0) is 13.7. The van der Waals surface area contributed by atoms with Crippen LogP contribution >= 0.6 is 0 Å². The highest BCUT2D eigenvalue weighted by Gasteiger charge is 2.25. The molecule has 1 heterocycles. The number of ether oxygens (including phenoxy) is 1. The third-order valence-corrected chi connectivity index (χ3v) is 4.05. The van der Waals surface area contributed by atoms with Crippen LogP contribution in [0, 0.1) is 0 Å². The van der Waals surface area contributed by atoms with Gasteiger partial charge in [-0.3, -0.25) is 4.90 Å². The Balaban J connectivity index is 2.32. The zero-order valence-electron chi connectivity index (χ0n) is 12.1. The monoisotopic (exact) mass is 263 g/mol. The summed E-state index contributed by atoms with van der Waals surface area (Å²) in [6, 6.07) is 6.72. The quantitative estimate of drug-likeness (QED) is 0.856. The van der Waals surface area contributed by atoms with E-state index in [-0.39, 0.29) is 12.6 Å². The van der Waals surface area contributed by atoms with E-state index in [1.807, 2.05) is 0 Å². The summed E-state index contributed by atoms with van der Waals surface area (Å²) in [5.41, 5.74) is 2.57. The molecular formula is C16H25NO2. The third-order valence-electron chi connectivity index (χ3n) is 4.05. The van der Waals surface area contributed by atoms with Crippen molar-refractivity contribution < 1.29 is 9.84 Å². The van der Waals surface area contributed by atoms with Crippen LogP contribution in [-0.4, -0.2) is 36.8 Å². The summed E-state index contributed by atoms with van der Waals surface area (Å²) >= 11 is 0. The average Bonchev–Trinajstić information content (AvgIpc) is 2.98. The first-order chi connectivity index (χ1) is 9.30. The molecule has 3 heteroatoms. The summed E-state index contributed by atoms with van der Waals surface area (Å²) in [6.45, 7) is 4.65. The van der Waals surface area contributed by atoms with Crippen LogP contribution in [0.5, 0.6) is 5.75 Å². The molecule has 0 amide bonds. The largest absolute Gasteiger partial charge is 0.496 e. The zero-order valence-corrected chi connectivity index (χ0v) is 12.1. The van der Waals surface area contributed by atoms with Crippen LogP contribution in [0.1, 0.15) is 43.4 Å². The number of aliphatic hydroxyl groups is 1.